The van der Waals surface area contributed by atoms with Gasteiger partial charge in [-0.1, -0.05) is 6.07 Å². The first kappa shape index (κ1) is 12.6. The Morgan fingerprint density at radius 1 is 1.33 bits per heavy atom. The quantitative estimate of drug-likeness (QED) is 0.904. The third-order valence-corrected chi connectivity index (χ3v) is 2.93. The zero-order chi connectivity index (χ0) is 13.1. The summed E-state index contributed by atoms with van der Waals surface area (Å²) < 4.78 is 18.6. The lowest BCUT2D eigenvalue weighted by Crippen LogP contribution is -2.16. The van der Waals surface area contributed by atoms with E-state index in [9.17, 15) is 4.39 Å². The van der Waals surface area contributed by atoms with Crippen molar-refractivity contribution in [2.45, 2.75) is 20.0 Å². The van der Waals surface area contributed by atoms with E-state index in [2.05, 4.69) is 0 Å². The third kappa shape index (κ3) is 2.71. The van der Waals surface area contributed by atoms with E-state index in [0.717, 1.165) is 22.8 Å². The highest BCUT2D eigenvalue weighted by Crippen LogP contribution is 2.20. The Kier molecular flexibility index (Phi) is 3.67. The van der Waals surface area contributed by atoms with Crippen molar-refractivity contribution >= 4 is 5.69 Å². The molecule has 0 aliphatic heterocycles. The molecule has 0 saturated heterocycles. The molecule has 3 nitrogen and oxygen atoms in total. The molecule has 0 amide bonds. The van der Waals surface area contributed by atoms with Crippen molar-refractivity contribution < 1.29 is 8.81 Å². The van der Waals surface area contributed by atoms with Crippen molar-refractivity contribution in [3.8, 4) is 0 Å². The standard InChI is InChI=1S/C14H17FN2O/c1-10-11(6-14(8-16)18-10)9-17(2)13-5-3-4-12(15)7-13/h3-7H,8-9,16H2,1-2H3. The number of halogens is 1. The molecule has 1 heterocycles. The van der Waals surface area contributed by atoms with Crippen LogP contribution in [0.25, 0.3) is 0 Å². The molecule has 2 N–H and O–H groups in total. The average molecular weight is 248 g/mol. The molecule has 2 rings (SSSR count). The summed E-state index contributed by atoms with van der Waals surface area (Å²) in [7, 11) is 1.92. The van der Waals surface area contributed by atoms with Crippen LogP contribution in [0.2, 0.25) is 0 Å². The Hall–Kier alpha value is -1.81. The zero-order valence-corrected chi connectivity index (χ0v) is 10.6. The van der Waals surface area contributed by atoms with Crippen molar-refractivity contribution in [3.05, 3.63) is 53.2 Å². The van der Waals surface area contributed by atoms with Gasteiger partial charge in [-0.05, 0) is 31.2 Å². The first-order valence-corrected chi connectivity index (χ1v) is 5.85. The molecule has 1 aromatic carbocycles. The van der Waals surface area contributed by atoms with Gasteiger partial charge in [0.15, 0.2) is 0 Å². The van der Waals surface area contributed by atoms with E-state index in [4.69, 9.17) is 10.2 Å². The van der Waals surface area contributed by atoms with Gasteiger partial charge in [0.1, 0.15) is 17.3 Å². The summed E-state index contributed by atoms with van der Waals surface area (Å²) in [4.78, 5) is 1.97. The van der Waals surface area contributed by atoms with E-state index in [1.165, 1.54) is 12.1 Å². The predicted molar refractivity (Wildman–Crippen MR) is 69.8 cm³/mol. The highest BCUT2D eigenvalue weighted by atomic mass is 19.1. The van der Waals surface area contributed by atoms with E-state index in [-0.39, 0.29) is 5.82 Å². The number of anilines is 1. The van der Waals surface area contributed by atoms with E-state index in [1.807, 2.05) is 31.0 Å². The minimum atomic E-state index is -0.231. The van der Waals surface area contributed by atoms with Gasteiger partial charge in [-0.2, -0.15) is 0 Å². The minimum Gasteiger partial charge on any atom is -0.465 e. The number of aryl methyl sites for hydroxylation is 1. The number of rotatable bonds is 4. The number of furan rings is 1. The number of hydrogen-bond donors (Lipinski definition) is 1. The van der Waals surface area contributed by atoms with Crippen molar-refractivity contribution in [1.82, 2.24) is 0 Å². The van der Waals surface area contributed by atoms with Gasteiger partial charge in [0.2, 0.25) is 0 Å². The van der Waals surface area contributed by atoms with Crippen molar-refractivity contribution in [2.24, 2.45) is 5.73 Å². The van der Waals surface area contributed by atoms with Crippen LogP contribution in [0, 0.1) is 12.7 Å². The molecule has 0 spiro atoms. The summed E-state index contributed by atoms with van der Waals surface area (Å²) in [6.07, 6.45) is 0. The van der Waals surface area contributed by atoms with Gasteiger partial charge in [0.05, 0.1) is 6.54 Å². The summed E-state index contributed by atoms with van der Waals surface area (Å²) >= 11 is 0. The maximum atomic E-state index is 13.1. The lowest BCUT2D eigenvalue weighted by molar-refractivity contribution is 0.482. The summed E-state index contributed by atoms with van der Waals surface area (Å²) in [6.45, 7) is 2.97. The van der Waals surface area contributed by atoms with Crippen LogP contribution >= 0.6 is 0 Å². The average Bonchev–Trinajstić information content (AvgIpc) is 2.70. The lowest BCUT2D eigenvalue weighted by Gasteiger charge is -2.18. The molecule has 0 aliphatic carbocycles. The van der Waals surface area contributed by atoms with Crippen LogP contribution in [0.5, 0.6) is 0 Å². The van der Waals surface area contributed by atoms with Gasteiger partial charge >= 0.3 is 0 Å². The van der Waals surface area contributed by atoms with Crippen LogP contribution in [-0.2, 0) is 13.1 Å². The molecule has 18 heavy (non-hydrogen) atoms. The monoisotopic (exact) mass is 248 g/mol. The van der Waals surface area contributed by atoms with Crippen LogP contribution in [0.4, 0.5) is 10.1 Å². The van der Waals surface area contributed by atoms with Gasteiger partial charge in [0, 0.05) is 24.8 Å². The number of benzene rings is 1. The number of nitrogens with two attached hydrogens (primary N) is 1. The Balaban J connectivity index is 2.15. The second kappa shape index (κ2) is 5.23. The van der Waals surface area contributed by atoms with E-state index in [1.54, 1.807) is 6.07 Å². The molecule has 2 aromatic rings. The fourth-order valence-electron chi connectivity index (χ4n) is 1.91. The maximum Gasteiger partial charge on any atom is 0.125 e. The van der Waals surface area contributed by atoms with E-state index in [0.29, 0.717) is 13.1 Å². The van der Waals surface area contributed by atoms with Crippen molar-refractivity contribution in [1.29, 1.82) is 0 Å². The fourth-order valence-corrected chi connectivity index (χ4v) is 1.91. The van der Waals surface area contributed by atoms with Gasteiger partial charge in [-0.3, -0.25) is 0 Å². The fraction of sp³-hybridized carbons (Fsp3) is 0.286. The predicted octanol–water partition coefficient (Wildman–Crippen LogP) is 2.82. The molecule has 96 valence electrons. The highest BCUT2D eigenvalue weighted by Gasteiger charge is 2.09. The second-order valence-electron chi connectivity index (χ2n) is 4.33. The Morgan fingerprint density at radius 3 is 2.72 bits per heavy atom. The number of nitrogens with zero attached hydrogens (tertiary/aromatic N) is 1. The number of hydrogen-bond acceptors (Lipinski definition) is 3. The van der Waals surface area contributed by atoms with Crippen LogP contribution in [-0.4, -0.2) is 7.05 Å². The molecule has 0 atom stereocenters. The van der Waals surface area contributed by atoms with Gasteiger partial charge in [-0.25, -0.2) is 4.39 Å². The molecule has 0 fully saturated rings. The molecule has 0 saturated carbocycles. The molecule has 0 unspecified atom stereocenters. The largest absolute Gasteiger partial charge is 0.465 e. The molecule has 4 heteroatoms. The molecule has 0 radical (unpaired) electrons. The summed E-state index contributed by atoms with van der Waals surface area (Å²) in [5.41, 5.74) is 7.45. The zero-order valence-electron chi connectivity index (χ0n) is 10.6. The van der Waals surface area contributed by atoms with Crippen LogP contribution in [0.3, 0.4) is 0 Å². The first-order valence-electron chi connectivity index (χ1n) is 5.85. The summed E-state index contributed by atoms with van der Waals surface area (Å²) in [6, 6.07) is 8.48. The highest BCUT2D eigenvalue weighted by molar-refractivity contribution is 5.46. The summed E-state index contributed by atoms with van der Waals surface area (Å²) in [5.74, 6) is 1.40. The summed E-state index contributed by atoms with van der Waals surface area (Å²) in [5, 5.41) is 0. The van der Waals surface area contributed by atoms with E-state index < -0.39 is 0 Å². The second-order valence-corrected chi connectivity index (χ2v) is 4.33. The third-order valence-electron chi connectivity index (χ3n) is 2.93. The molecular weight excluding hydrogens is 231 g/mol. The van der Waals surface area contributed by atoms with Crippen LogP contribution < -0.4 is 10.6 Å². The normalized spacial score (nSPS) is 10.7. The van der Waals surface area contributed by atoms with Gasteiger partial charge in [0.25, 0.3) is 0 Å². The van der Waals surface area contributed by atoms with Crippen molar-refractivity contribution in [2.75, 3.05) is 11.9 Å². The smallest absolute Gasteiger partial charge is 0.125 e. The van der Waals surface area contributed by atoms with Gasteiger partial charge < -0.3 is 15.1 Å². The van der Waals surface area contributed by atoms with E-state index >= 15 is 0 Å². The van der Waals surface area contributed by atoms with Gasteiger partial charge in [-0.15, -0.1) is 0 Å². The molecule has 0 bridgehead atoms. The minimum absolute atomic E-state index is 0.231. The molecule has 1 aromatic heterocycles. The van der Waals surface area contributed by atoms with Crippen LogP contribution in [0.1, 0.15) is 17.1 Å². The van der Waals surface area contributed by atoms with Crippen LogP contribution in [0.15, 0.2) is 34.7 Å². The Morgan fingerprint density at radius 2 is 2.11 bits per heavy atom. The Bertz CT molecular complexity index is 536. The molecular formula is C14H17FN2O. The SMILES string of the molecule is Cc1oc(CN)cc1CN(C)c1cccc(F)c1. The van der Waals surface area contributed by atoms with Crippen molar-refractivity contribution in [3.63, 3.8) is 0 Å². The first-order chi connectivity index (χ1) is 8.60. The maximum absolute atomic E-state index is 13.1. The topological polar surface area (TPSA) is 42.4 Å². The molecule has 0 aliphatic rings. The lowest BCUT2D eigenvalue weighted by atomic mass is 10.2. The Labute approximate surface area is 106 Å².